The third kappa shape index (κ3) is 5.39. The summed E-state index contributed by atoms with van der Waals surface area (Å²) in [7, 11) is 0. The molecule has 1 aromatic heterocycles. The van der Waals surface area contributed by atoms with Crippen LogP contribution >= 0.6 is 34.5 Å². The van der Waals surface area contributed by atoms with Crippen LogP contribution in [-0.2, 0) is 4.74 Å². The first-order valence-electron chi connectivity index (χ1n) is 9.64. The lowest BCUT2D eigenvalue weighted by Gasteiger charge is -2.26. The van der Waals surface area contributed by atoms with Gasteiger partial charge in [-0.1, -0.05) is 53.5 Å². The zero-order chi connectivity index (χ0) is 22.5. The fourth-order valence-corrected chi connectivity index (χ4v) is 4.65. The van der Waals surface area contributed by atoms with Crippen molar-refractivity contribution in [3.63, 3.8) is 0 Å². The molecule has 0 saturated heterocycles. The van der Waals surface area contributed by atoms with Gasteiger partial charge in [-0.05, 0) is 44.5 Å². The molecule has 8 heteroatoms. The van der Waals surface area contributed by atoms with Crippen molar-refractivity contribution < 1.29 is 19.1 Å². The van der Waals surface area contributed by atoms with Gasteiger partial charge in [0, 0.05) is 22.0 Å². The number of anilines is 1. The summed E-state index contributed by atoms with van der Waals surface area (Å²) < 4.78 is 10.4. The van der Waals surface area contributed by atoms with Crippen LogP contribution < -0.4 is 9.64 Å². The van der Waals surface area contributed by atoms with Crippen LogP contribution in [-0.4, -0.2) is 24.7 Å². The number of hydrogen-bond acceptors (Lipinski definition) is 5. The van der Waals surface area contributed by atoms with E-state index in [-0.39, 0.29) is 29.3 Å². The van der Waals surface area contributed by atoms with Crippen molar-refractivity contribution in [2.45, 2.75) is 26.8 Å². The molecule has 0 unspecified atom stereocenters. The van der Waals surface area contributed by atoms with E-state index >= 15 is 0 Å². The normalized spacial score (nSPS) is 10.8. The van der Waals surface area contributed by atoms with Crippen LogP contribution in [0.15, 0.2) is 54.6 Å². The predicted molar refractivity (Wildman–Crippen MR) is 126 cm³/mol. The van der Waals surface area contributed by atoms with Crippen LogP contribution in [0.4, 0.5) is 9.80 Å². The van der Waals surface area contributed by atoms with Gasteiger partial charge in [0.2, 0.25) is 0 Å². The summed E-state index contributed by atoms with van der Waals surface area (Å²) >= 11 is 13.6. The third-order valence-corrected chi connectivity index (χ3v) is 6.02. The molecule has 3 aromatic rings. The Hall–Kier alpha value is -2.54. The fraction of sp³-hybridized carbons (Fsp3) is 0.217. The number of ether oxygens (including phenoxy) is 2. The molecule has 162 valence electrons. The molecule has 0 spiro atoms. The number of hydrogen-bond donors (Lipinski definition) is 0. The molecule has 3 rings (SSSR count). The number of carbonyl (C=O) groups is 2. The molecule has 1 heterocycles. The lowest BCUT2D eigenvalue weighted by atomic mass is 10.1. The van der Waals surface area contributed by atoms with Crippen LogP contribution in [0.25, 0.3) is 10.4 Å². The van der Waals surface area contributed by atoms with E-state index in [4.69, 9.17) is 32.7 Å². The Labute approximate surface area is 195 Å². The maximum atomic E-state index is 13.5. The molecule has 0 N–H and O–H groups in total. The highest BCUT2D eigenvalue weighted by molar-refractivity contribution is 7.20. The number of halogens is 2. The maximum Gasteiger partial charge on any atom is 0.513 e. The van der Waals surface area contributed by atoms with E-state index in [1.165, 1.54) is 17.4 Å². The summed E-state index contributed by atoms with van der Waals surface area (Å²) in [6, 6.07) is 15.8. The van der Waals surface area contributed by atoms with Crippen LogP contribution in [0.3, 0.4) is 0 Å². The van der Waals surface area contributed by atoms with Gasteiger partial charge in [-0.3, -0.25) is 9.69 Å². The van der Waals surface area contributed by atoms with Gasteiger partial charge in [-0.25, -0.2) is 4.79 Å². The minimum absolute atomic E-state index is 0.178. The highest BCUT2D eigenvalue weighted by Gasteiger charge is 2.29. The van der Waals surface area contributed by atoms with E-state index in [9.17, 15) is 9.59 Å². The number of benzene rings is 2. The topological polar surface area (TPSA) is 55.8 Å². The van der Waals surface area contributed by atoms with Gasteiger partial charge in [-0.15, -0.1) is 11.3 Å². The van der Waals surface area contributed by atoms with E-state index in [2.05, 4.69) is 0 Å². The first-order chi connectivity index (χ1) is 14.8. The molecule has 0 bridgehead atoms. The molecule has 2 aromatic carbocycles. The zero-order valence-corrected chi connectivity index (χ0v) is 19.6. The third-order valence-electron chi connectivity index (χ3n) is 4.31. The highest BCUT2D eigenvalue weighted by atomic mass is 35.5. The van der Waals surface area contributed by atoms with Crippen molar-refractivity contribution >= 4 is 51.6 Å². The number of carbonyl (C=O) groups excluding carboxylic acids is 2. The Morgan fingerprint density at radius 1 is 1.06 bits per heavy atom. The van der Waals surface area contributed by atoms with Gasteiger partial charge in [0.1, 0.15) is 5.00 Å². The Bertz CT molecular complexity index is 1080. The van der Waals surface area contributed by atoms with Gasteiger partial charge in [-0.2, -0.15) is 0 Å². The van der Waals surface area contributed by atoms with E-state index in [1.54, 1.807) is 30.0 Å². The van der Waals surface area contributed by atoms with Crippen LogP contribution in [0.5, 0.6) is 5.75 Å². The number of thiophene rings is 1. The summed E-state index contributed by atoms with van der Waals surface area (Å²) in [4.78, 5) is 27.9. The van der Waals surface area contributed by atoms with Crippen molar-refractivity contribution in [2.24, 2.45) is 0 Å². The summed E-state index contributed by atoms with van der Waals surface area (Å²) in [6.45, 7) is 5.62. The number of nitrogens with zero attached hydrogens (tertiary/aromatic N) is 1. The average Bonchev–Trinajstić information content (AvgIpc) is 3.11. The first kappa shape index (κ1) is 23.1. The molecule has 5 nitrogen and oxygen atoms in total. The number of amides is 1. The second-order valence-corrected chi connectivity index (χ2v) is 8.70. The predicted octanol–water partition coefficient (Wildman–Crippen LogP) is 7.31. The molecule has 0 aliphatic rings. The Morgan fingerprint density at radius 2 is 1.77 bits per heavy atom. The zero-order valence-electron chi connectivity index (χ0n) is 17.2. The monoisotopic (exact) mass is 477 g/mol. The average molecular weight is 478 g/mol. The lowest BCUT2D eigenvalue weighted by Crippen LogP contribution is -2.37. The van der Waals surface area contributed by atoms with Gasteiger partial charge >= 0.3 is 6.16 Å². The molecule has 0 fully saturated rings. The smallest absolute Gasteiger partial charge is 0.434 e. The molecule has 0 saturated carbocycles. The Morgan fingerprint density at radius 3 is 2.39 bits per heavy atom. The molecule has 0 aliphatic heterocycles. The second-order valence-electron chi connectivity index (χ2n) is 6.82. The molecule has 0 aliphatic carbocycles. The summed E-state index contributed by atoms with van der Waals surface area (Å²) in [5.41, 5.74) is 1.24. The van der Waals surface area contributed by atoms with E-state index in [0.717, 1.165) is 10.4 Å². The van der Waals surface area contributed by atoms with Gasteiger partial charge in [0.25, 0.3) is 5.91 Å². The molecule has 31 heavy (non-hydrogen) atoms. The number of rotatable bonds is 6. The molecule has 0 radical (unpaired) electrons. The van der Waals surface area contributed by atoms with E-state index in [1.807, 2.05) is 44.2 Å². The van der Waals surface area contributed by atoms with Crippen molar-refractivity contribution in [3.8, 4) is 16.2 Å². The minimum atomic E-state index is -0.832. The maximum absolute atomic E-state index is 13.5. The van der Waals surface area contributed by atoms with Crippen LogP contribution in [0.2, 0.25) is 10.0 Å². The fourth-order valence-electron chi connectivity index (χ4n) is 2.94. The Kier molecular flexibility index (Phi) is 7.59. The van der Waals surface area contributed by atoms with E-state index < -0.39 is 6.16 Å². The summed E-state index contributed by atoms with van der Waals surface area (Å²) in [6.07, 6.45) is -0.832. The van der Waals surface area contributed by atoms with Crippen molar-refractivity contribution in [1.29, 1.82) is 0 Å². The van der Waals surface area contributed by atoms with E-state index in [0.29, 0.717) is 15.6 Å². The summed E-state index contributed by atoms with van der Waals surface area (Å²) in [5.74, 6) is -0.0822. The molecule has 1 amide bonds. The minimum Gasteiger partial charge on any atom is -0.434 e. The van der Waals surface area contributed by atoms with Crippen LogP contribution in [0, 0.1) is 0 Å². The highest BCUT2D eigenvalue weighted by Crippen LogP contribution is 2.44. The first-order valence-corrected chi connectivity index (χ1v) is 11.2. The lowest BCUT2D eigenvalue weighted by molar-refractivity contribution is 0.0969. The SMILES string of the molecule is CCOC(=O)Oc1cc(-c2ccccc2)sc1N(C(=O)c1ccc(Cl)cc1Cl)C(C)C. The van der Waals surface area contributed by atoms with Crippen LogP contribution in [0.1, 0.15) is 31.1 Å². The van der Waals surface area contributed by atoms with Crippen molar-refractivity contribution in [1.82, 2.24) is 0 Å². The van der Waals surface area contributed by atoms with Gasteiger partial charge in [0.15, 0.2) is 5.75 Å². The Balaban J connectivity index is 2.09. The summed E-state index contributed by atoms with van der Waals surface area (Å²) in [5, 5.41) is 1.17. The molecular formula is C23H21Cl2NO4S. The second kappa shape index (κ2) is 10.2. The quantitative estimate of drug-likeness (QED) is 0.349. The standard InChI is InChI=1S/C23H21Cl2NO4S/c1-4-29-23(28)30-19-13-20(15-8-6-5-7-9-15)31-22(19)26(14(2)3)21(27)17-11-10-16(24)12-18(17)25/h5-14H,4H2,1-3H3. The van der Waals surface area contributed by atoms with Crippen molar-refractivity contribution in [3.05, 3.63) is 70.2 Å². The van der Waals surface area contributed by atoms with Gasteiger partial charge < -0.3 is 9.47 Å². The molecule has 0 atom stereocenters. The van der Waals surface area contributed by atoms with Crippen molar-refractivity contribution in [2.75, 3.05) is 11.5 Å². The molecular weight excluding hydrogens is 457 g/mol. The van der Waals surface area contributed by atoms with Gasteiger partial charge in [0.05, 0.1) is 17.2 Å². The largest absolute Gasteiger partial charge is 0.513 e.